The quantitative estimate of drug-likeness (QED) is 0.831. The maximum Gasteiger partial charge on any atom is 0.410 e. The number of anilines is 1. The highest BCUT2D eigenvalue weighted by Gasteiger charge is 2.40. The Morgan fingerprint density at radius 2 is 1.81 bits per heavy atom. The zero-order chi connectivity index (χ0) is 18.7. The van der Waals surface area contributed by atoms with E-state index in [2.05, 4.69) is 9.88 Å². The van der Waals surface area contributed by atoms with Crippen molar-refractivity contribution < 1.29 is 24.2 Å². The van der Waals surface area contributed by atoms with Crippen molar-refractivity contribution in [1.82, 2.24) is 14.8 Å². The van der Waals surface area contributed by atoms with Gasteiger partial charge in [-0.2, -0.15) is 0 Å². The maximum atomic E-state index is 12.4. The monoisotopic (exact) mass is 362 g/mol. The molecule has 1 aromatic heterocycles. The Labute approximate surface area is 151 Å². The fraction of sp³-hybridized carbons (Fsp3) is 0.529. The van der Waals surface area contributed by atoms with Crippen LogP contribution in [0.4, 0.5) is 10.5 Å². The van der Waals surface area contributed by atoms with Gasteiger partial charge in [-0.15, -0.1) is 0 Å². The first kappa shape index (κ1) is 18.0. The van der Waals surface area contributed by atoms with Crippen LogP contribution in [0.1, 0.15) is 13.3 Å². The van der Waals surface area contributed by atoms with Crippen LogP contribution in [-0.2, 0) is 14.3 Å². The summed E-state index contributed by atoms with van der Waals surface area (Å²) < 4.78 is 5.45. The number of likely N-dealkylation sites (tertiary alicyclic amines) is 1. The molecule has 1 aromatic rings. The van der Waals surface area contributed by atoms with Crippen molar-refractivity contribution in [3.8, 4) is 0 Å². The molecule has 0 aromatic carbocycles. The van der Waals surface area contributed by atoms with Crippen molar-refractivity contribution in [3.63, 3.8) is 0 Å². The Kier molecular flexibility index (Phi) is 5.24. The van der Waals surface area contributed by atoms with E-state index in [1.165, 1.54) is 11.8 Å². The van der Waals surface area contributed by atoms with Gasteiger partial charge in [-0.05, 0) is 12.1 Å². The summed E-state index contributed by atoms with van der Waals surface area (Å²) in [5.41, 5.74) is 1.06. The Hall–Kier alpha value is -2.84. The van der Waals surface area contributed by atoms with E-state index in [0.29, 0.717) is 26.2 Å². The van der Waals surface area contributed by atoms with Crippen LogP contribution in [0.15, 0.2) is 24.5 Å². The molecule has 3 heterocycles. The third kappa shape index (κ3) is 3.87. The molecule has 9 heteroatoms. The normalized spacial score (nSPS) is 23.0. The van der Waals surface area contributed by atoms with Gasteiger partial charge in [-0.1, -0.05) is 0 Å². The molecule has 0 aliphatic carbocycles. The zero-order valence-corrected chi connectivity index (χ0v) is 14.6. The lowest BCUT2D eigenvalue weighted by Gasteiger charge is -2.35. The highest BCUT2D eigenvalue weighted by atomic mass is 16.6. The largest absolute Gasteiger partial charge is 0.480 e. The molecular weight excluding hydrogens is 340 g/mol. The average molecular weight is 362 g/mol. The SMILES string of the molecule is CC(=O)N1C[C@H](OC(=O)N2CCN(c3ccncc3)CC2)C[C@H]1C(=O)O. The number of rotatable bonds is 3. The molecule has 2 aliphatic heterocycles. The molecule has 0 bridgehead atoms. The summed E-state index contributed by atoms with van der Waals surface area (Å²) in [5, 5.41) is 9.22. The molecule has 0 radical (unpaired) electrons. The van der Waals surface area contributed by atoms with Gasteiger partial charge in [0.05, 0.1) is 6.54 Å². The second kappa shape index (κ2) is 7.59. The third-order valence-electron chi connectivity index (χ3n) is 4.79. The molecule has 140 valence electrons. The van der Waals surface area contributed by atoms with Gasteiger partial charge in [0.25, 0.3) is 0 Å². The lowest BCUT2D eigenvalue weighted by molar-refractivity contribution is -0.147. The van der Waals surface area contributed by atoms with Crippen molar-refractivity contribution in [3.05, 3.63) is 24.5 Å². The summed E-state index contributed by atoms with van der Waals surface area (Å²) in [6.45, 7) is 3.84. The highest BCUT2D eigenvalue weighted by Crippen LogP contribution is 2.22. The molecule has 2 amide bonds. The predicted molar refractivity (Wildman–Crippen MR) is 91.7 cm³/mol. The predicted octanol–water partition coefficient (Wildman–Crippen LogP) is 0.414. The van der Waals surface area contributed by atoms with E-state index in [9.17, 15) is 19.5 Å². The molecule has 2 atom stereocenters. The number of hydrogen-bond acceptors (Lipinski definition) is 6. The minimum atomic E-state index is -1.08. The van der Waals surface area contributed by atoms with Gasteiger partial charge >= 0.3 is 12.1 Å². The van der Waals surface area contributed by atoms with E-state index >= 15 is 0 Å². The van der Waals surface area contributed by atoms with Gasteiger partial charge in [0.2, 0.25) is 5.91 Å². The molecule has 2 saturated heterocycles. The molecule has 2 aliphatic rings. The number of carbonyl (C=O) groups excluding carboxylic acids is 2. The van der Waals surface area contributed by atoms with Crippen molar-refractivity contribution in [2.24, 2.45) is 0 Å². The van der Waals surface area contributed by atoms with Crippen LogP contribution in [0.3, 0.4) is 0 Å². The number of ether oxygens (including phenoxy) is 1. The number of carboxylic acids is 1. The molecule has 2 fully saturated rings. The van der Waals surface area contributed by atoms with Crippen molar-refractivity contribution in [2.45, 2.75) is 25.5 Å². The second-order valence-electron chi connectivity index (χ2n) is 6.45. The number of piperazine rings is 1. The van der Waals surface area contributed by atoms with Crippen LogP contribution >= 0.6 is 0 Å². The standard InChI is InChI=1S/C17H22N4O5/c1-12(22)21-11-14(10-15(21)16(23)24)26-17(25)20-8-6-19(7-9-20)13-2-4-18-5-3-13/h2-5,14-15H,6-11H2,1H3,(H,23,24)/t14-,15+/m1/s1. The summed E-state index contributed by atoms with van der Waals surface area (Å²) in [4.78, 5) is 44.2. The molecule has 0 saturated carbocycles. The summed E-state index contributed by atoms with van der Waals surface area (Å²) in [6.07, 6.45) is 2.54. The maximum absolute atomic E-state index is 12.4. The van der Waals surface area contributed by atoms with Crippen LogP contribution in [-0.4, -0.2) is 82.7 Å². The second-order valence-corrected chi connectivity index (χ2v) is 6.45. The molecular formula is C17H22N4O5. The third-order valence-corrected chi connectivity index (χ3v) is 4.79. The van der Waals surface area contributed by atoms with E-state index in [1.54, 1.807) is 17.3 Å². The van der Waals surface area contributed by atoms with Crippen molar-refractivity contribution in [2.75, 3.05) is 37.6 Å². The van der Waals surface area contributed by atoms with Crippen LogP contribution in [0.25, 0.3) is 0 Å². The van der Waals surface area contributed by atoms with Gasteiger partial charge in [0, 0.05) is 57.6 Å². The summed E-state index contributed by atoms with van der Waals surface area (Å²) in [6, 6.07) is 2.91. The fourth-order valence-electron chi connectivity index (χ4n) is 3.38. The lowest BCUT2D eigenvalue weighted by atomic mass is 10.2. The van der Waals surface area contributed by atoms with E-state index in [0.717, 1.165) is 5.69 Å². The summed E-state index contributed by atoms with van der Waals surface area (Å²) in [5.74, 6) is -1.41. The number of carboxylic acid groups (broad SMARTS) is 1. The van der Waals surface area contributed by atoms with Crippen molar-refractivity contribution >= 4 is 23.7 Å². The van der Waals surface area contributed by atoms with Gasteiger partial charge < -0.3 is 24.5 Å². The molecule has 26 heavy (non-hydrogen) atoms. The van der Waals surface area contributed by atoms with Crippen LogP contribution < -0.4 is 4.90 Å². The topological polar surface area (TPSA) is 103 Å². The Bertz CT molecular complexity index is 653. The Morgan fingerprint density at radius 1 is 1.15 bits per heavy atom. The number of pyridine rings is 1. The van der Waals surface area contributed by atoms with Crippen LogP contribution in [0.5, 0.6) is 0 Å². The molecule has 9 nitrogen and oxygen atoms in total. The Morgan fingerprint density at radius 3 is 2.35 bits per heavy atom. The highest BCUT2D eigenvalue weighted by molar-refractivity contribution is 5.83. The first-order valence-electron chi connectivity index (χ1n) is 8.56. The van der Waals surface area contributed by atoms with Gasteiger partial charge in [-0.3, -0.25) is 9.78 Å². The smallest absolute Gasteiger partial charge is 0.410 e. The number of amides is 2. The lowest BCUT2D eigenvalue weighted by Crippen LogP contribution is -2.49. The van der Waals surface area contributed by atoms with Gasteiger partial charge in [0.1, 0.15) is 12.1 Å². The van der Waals surface area contributed by atoms with Crippen LogP contribution in [0.2, 0.25) is 0 Å². The summed E-state index contributed by atoms with van der Waals surface area (Å²) >= 11 is 0. The van der Waals surface area contributed by atoms with Gasteiger partial charge in [-0.25, -0.2) is 9.59 Å². The number of aliphatic carboxylic acids is 1. The first-order valence-corrected chi connectivity index (χ1v) is 8.56. The Balaban J connectivity index is 1.52. The zero-order valence-electron chi connectivity index (χ0n) is 14.6. The number of hydrogen-bond donors (Lipinski definition) is 1. The van der Waals surface area contributed by atoms with Crippen LogP contribution in [0, 0.1) is 0 Å². The molecule has 0 unspecified atom stereocenters. The number of aromatic nitrogens is 1. The van der Waals surface area contributed by atoms with E-state index in [-0.39, 0.29) is 18.9 Å². The van der Waals surface area contributed by atoms with E-state index < -0.39 is 24.2 Å². The van der Waals surface area contributed by atoms with Gasteiger partial charge in [0.15, 0.2) is 0 Å². The fourth-order valence-corrected chi connectivity index (χ4v) is 3.38. The number of carbonyl (C=O) groups is 3. The van der Waals surface area contributed by atoms with Crippen molar-refractivity contribution in [1.29, 1.82) is 0 Å². The van der Waals surface area contributed by atoms with E-state index in [1.807, 2.05) is 12.1 Å². The minimum Gasteiger partial charge on any atom is -0.480 e. The van der Waals surface area contributed by atoms with E-state index in [4.69, 9.17) is 4.74 Å². The number of nitrogens with zero attached hydrogens (tertiary/aromatic N) is 4. The average Bonchev–Trinajstić information content (AvgIpc) is 3.07. The minimum absolute atomic E-state index is 0.120. The molecule has 1 N–H and O–H groups in total. The molecule has 3 rings (SSSR count). The summed E-state index contributed by atoms with van der Waals surface area (Å²) in [7, 11) is 0. The first-order chi connectivity index (χ1) is 12.5. The molecule has 0 spiro atoms.